The van der Waals surface area contributed by atoms with Crippen molar-refractivity contribution in [3.8, 4) is 0 Å². The molecule has 1 aliphatic heterocycles. The van der Waals surface area contributed by atoms with Crippen LogP contribution in [0.4, 0.5) is 0 Å². The Morgan fingerprint density at radius 3 is 2.33 bits per heavy atom. The minimum absolute atomic E-state index is 0.0351. The number of amides is 2. The van der Waals surface area contributed by atoms with Gasteiger partial charge in [0.2, 0.25) is 0 Å². The van der Waals surface area contributed by atoms with Crippen LogP contribution < -0.4 is 5.73 Å². The van der Waals surface area contributed by atoms with Crippen LogP contribution in [0.15, 0.2) is 12.2 Å². The molecule has 82 valence electrons. The first-order valence-corrected chi connectivity index (χ1v) is 4.90. The zero-order valence-electron chi connectivity index (χ0n) is 8.44. The molecule has 2 amide bonds. The summed E-state index contributed by atoms with van der Waals surface area (Å²) >= 11 is 0. The smallest absolute Gasteiger partial charge is 0.253 e. The molecule has 0 aromatic heterocycles. The summed E-state index contributed by atoms with van der Waals surface area (Å²) in [7, 11) is 0. The lowest BCUT2D eigenvalue weighted by atomic mass is 10.1. The molecule has 1 heterocycles. The van der Waals surface area contributed by atoms with Gasteiger partial charge < -0.3 is 5.73 Å². The number of ketones is 1. The molecule has 1 aliphatic rings. The number of carbonyl (C=O) groups is 3. The van der Waals surface area contributed by atoms with E-state index in [0.717, 1.165) is 4.90 Å². The van der Waals surface area contributed by atoms with Crippen molar-refractivity contribution in [2.45, 2.75) is 19.3 Å². The third-order valence-electron chi connectivity index (χ3n) is 2.17. The summed E-state index contributed by atoms with van der Waals surface area (Å²) < 4.78 is 0. The van der Waals surface area contributed by atoms with Gasteiger partial charge in [0.25, 0.3) is 11.8 Å². The van der Waals surface area contributed by atoms with E-state index in [2.05, 4.69) is 0 Å². The van der Waals surface area contributed by atoms with Gasteiger partial charge in [0.15, 0.2) is 0 Å². The van der Waals surface area contributed by atoms with Crippen molar-refractivity contribution < 1.29 is 14.4 Å². The van der Waals surface area contributed by atoms with Gasteiger partial charge in [-0.2, -0.15) is 0 Å². The van der Waals surface area contributed by atoms with E-state index in [-0.39, 0.29) is 30.6 Å². The maximum absolute atomic E-state index is 11.2. The second kappa shape index (κ2) is 5.41. The van der Waals surface area contributed by atoms with Gasteiger partial charge >= 0.3 is 0 Å². The van der Waals surface area contributed by atoms with Gasteiger partial charge in [-0.1, -0.05) is 0 Å². The second-order valence-corrected chi connectivity index (χ2v) is 3.34. The van der Waals surface area contributed by atoms with Crippen molar-refractivity contribution >= 4 is 17.6 Å². The van der Waals surface area contributed by atoms with Gasteiger partial charge in [0.05, 0.1) is 0 Å². The highest BCUT2D eigenvalue weighted by Crippen LogP contribution is 2.05. The molecule has 0 saturated heterocycles. The number of hydrogen-bond donors (Lipinski definition) is 1. The summed E-state index contributed by atoms with van der Waals surface area (Å²) in [6.45, 7) is 0.656. The van der Waals surface area contributed by atoms with E-state index in [1.54, 1.807) is 0 Å². The highest BCUT2D eigenvalue weighted by Gasteiger charge is 2.23. The first kappa shape index (κ1) is 11.6. The Morgan fingerprint density at radius 2 is 1.80 bits per heavy atom. The number of rotatable bonds is 6. The fourth-order valence-corrected chi connectivity index (χ4v) is 1.31. The van der Waals surface area contributed by atoms with E-state index in [9.17, 15) is 14.4 Å². The number of hydrogen-bond acceptors (Lipinski definition) is 4. The highest BCUT2D eigenvalue weighted by molar-refractivity contribution is 6.13. The van der Waals surface area contributed by atoms with Crippen LogP contribution in [0.2, 0.25) is 0 Å². The fraction of sp³-hybridized carbons (Fsp3) is 0.500. The average Bonchev–Trinajstić information content (AvgIpc) is 2.53. The lowest BCUT2D eigenvalue weighted by molar-refractivity contribution is -0.137. The van der Waals surface area contributed by atoms with Crippen LogP contribution in [0, 0.1) is 0 Å². The second-order valence-electron chi connectivity index (χ2n) is 3.34. The number of nitrogens with zero attached hydrogens (tertiary/aromatic N) is 1. The molecule has 0 spiro atoms. The normalized spacial score (nSPS) is 15.1. The van der Waals surface area contributed by atoms with E-state index < -0.39 is 0 Å². The molecule has 0 atom stereocenters. The van der Waals surface area contributed by atoms with E-state index in [0.29, 0.717) is 19.4 Å². The summed E-state index contributed by atoms with van der Waals surface area (Å²) in [5, 5.41) is 0. The predicted octanol–water partition coefficient (Wildman–Crippen LogP) is -0.390. The Kier molecular flexibility index (Phi) is 4.17. The first-order chi connectivity index (χ1) is 7.15. The van der Waals surface area contributed by atoms with Gasteiger partial charge in [-0.15, -0.1) is 0 Å². The molecule has 0 unspecified atom stereocenters. The third kappa shape index (κ3) is 3.28. The van der Waals surface area contributed by atoms with Gasteiger partial charge in [-0.3, -0.25) is 19.3 Å². The minimum Gasteiger partial charge on any atom is -0.330 e. The van der Waals surface area contributed by atoms with E-state index in [1.165, 1.54) is 12.2 Å². The molecule has 5 heteroatoms. The van der Waals surface area contributed by atoms with Crippen LogP contribution in [0.3, 0.4) is 0 Å². The van der Waals surface area contributed by atoms with Crippen molar-refractivity contribution in [1.82, 2.24) is 4.90 Å². The molecule has 0 aliphatic carbocycles. The fourth-order valence-electron chi connectivity index (χ4n) is 1.31. The Morgan fingerprint density at radius 1 is 1.20 bits per heavy atom. The summed E-state index contributed by atoms with van der Waals surface area (Å²) in [5.74, 6) is -0.647. The Hall–Kier alpha value is -1.49. The van der Waals surface area contributed by atoms with Crippen molar-refractivity contribution in [3.63, 3.8) is 0 Å². The lowest BCUT2D eigenvalue weighted by Crippen LogP contribution is -2.32. The lowest BCUT2D eigenvalue weighted by Gasteiger charge is -2.12. The summed E-state index contributed by atoms with van der Waals surface area (Å²) in [5.41, 5.74) is 5.26. The number of Topliss-reactive ketones (excluding diaryl/α,β-unsaturated/α-hetero) is 1. The monoisotopic (exact) mass is 210 g/mol. The molecule has 0 radical (unpaired) electrons. The van der Waals surface area contributed by atoms with Gasteiger partial charge in [0, 0.05) is 31.5 Å². The molecule has 0 aromatic rings. The van der Waals surface area contributed by atoms with Crippen LogP contribution >= 0.6 is 0 Å². The Bertz CT molecular complexity index is 292. The van der Waals surface area contributed by atoms with Gasteiger partial charge in [-0.25, -0.2) is 0 Å². The molecular formula is C10H14N2O3. The molecule has 1 rings (SSSR count). The third-order valence-corrected chi connectivity index (χ3v) is 2.17. The van der Waals surface area contributed by atoms with Gasteiger partial charge in [0.1, 0.15) is 5.78 Å². The SMILES string of the molecule is NCCCC(=O)CCN1C(=O)C=CC1=O. The largest absolute Gasteiger partial charge is 0.330 e. The van der Waals surface area contributed by atoms with Crippen LogP contribution in [-0.4, -0.2) is 35.6 Å². The van der Waals surface area contributed by atoms with Crippen molar-refractivity contribution in [2.24, 2.45) is 5.73 Å². The van der Waals surface area contributed by atoms with Crippen LogP contribution in [-0.2, 0) is 14.4 Å². The van der Waals surface area contributed by atoms with E-state index in [4.69, 9.17) is 5.73 Å². The maximum atomic E-state index is 11.2. The number of carbonyl (C=O) groups excluding carboxylic acids is 3. The van der Waals surface area contributed by atoms with E-state index >= 15 is 0 Å². The average molecular weight is 210 g/mol. The topological polar surface area (TPSA) is 80.5 Å². The maximum Gasteiger partial charge on any atom is 0.253 e. The molecule has 0 saturated carbocycles. The molecule has 0 aromatic carbocycles. The zero-order valence-corrected chi connectivity index (χ0v) is 8.44. The van der Waals surface area contributed by atoms with Crippen LogP contribution in [0.25, 0.3) is 0 Å². The zero-order chi connectivity index (χ0) is 11.3. The molecule has 0 fully saturated rings. The molecule has 0 bridgehead atoms. The van der Waals surface area contributed by atoms with Crippen LogP contribution in [0.5, 0.6) is 0 Å². The highest BCUT2D eigenvalue weighted by atomic mass is 16.2. The summed E-state index contributed by atoms with van der Waals surface area (Å²) in [6, 6.07) is 0. The standard InChI is InChI=1S/C10H14N2O3/c11-6-1-2-8(13)5-7-12-9(14)3-4-10(12)15/h3-4H,1-2,5-7,11H2. The summed E-state index contributed by atoms with van der Waals surface area (Å²) in [4.78, 5) is 34.5. The first-order valence-electron chi connectivity index (χ1n) is 4.90. The van der Waals surface area contributed by atoms with Gasteiger partial charge in [-0.05, 0) is 13.0 Å². The predicted molar refractivity (Wildman–Crippen MR) is 53.8 cm³/mol. The quantitative estimate of drug-likeness (QED) is 0.605. The van der Waals surface area contributed by atoms with Crippen LogP contribution in [0.1, 0.15) is 19.3 Å². The Balaban J connectivity index is 2.28. The number of imide groups is 1. The number of nitrogens with two attached hydrogens (primary N) is 1. The van der Waals surface area contributed by atoms with Crippen molar-refractivity contribution in [3.05, 3.63) is 12.2 Å². The molecular weight excluding hydrogens is 196 g/mol. The molecule has 2 N–H and O–H groups in total. The molecule has 15 heavy (non-hydrogen) atoms. The Labute approximate surface area is 87.9 Å². The minimum atomic E-state index is -0.341. The molecule has 5 nitrogen and oxygen atoms in total. The van der Waals surface area contributed by atoms with E-state index in [1.807, 2.05) is 0 Å². The van der Waals surface area contributed by atoms with Crippen molar-refractivity contribution in [2.75, 3.05) is 13.1 Å². The summed E-state index contributed by atoms with van der Waals surface area (Å²) in [6.07, 6.45) is 3.72. The van der Waals surface area contributed by atoms with Crippen molar-refractivity contribution in [1.29, 1.82) is 0 Å².